The fourth-order valence-corrected chi connectivity index (χ4v) is 2.94. The molecule has 138 valence electrons. The monoisotopic (exact) mass is 382 g/mol. The minimum absolute atomic E-state index is 0.217. The number of hydrogen-bond acceptors (Lipinski definition) is 3. The summed E-state index contributed by atoms with van der Waals surface area (Å²) in [6, 6.07) is 14.2. The van der Waals surface area contributed by atoms with Gasteiger partial charge in [-0.15, -0.1) is 0 Å². The third-order valence-corrected chi connectivity index (χ3v) is 4.32. The molecule has 2 N–H and O–H groups in total. The number of aromatic nitrogens is 2. The number of amides is 2. The van der Waals surface area contributed by atoms with E-state index in [9.17, 15) is 9.59 Å². The molecule has 0 spiro atoms. The summed E-state index contributed by atoms with van der Waals surface area (Å²) in [6.45, 7) is 1.93. The summed E-state index contributed by atoms with van der Waals surface area (Å²) in [7, 11) is 0. The topological polar surface area (TPSA) is 76.0 Å². The van der Waals surface area contributed by atoms with Crippen molar-refractivity contribution in [3.05, 3.63) is 83.4 Å². The molecular weight excluding hydrogens is 364 g/mol. The molecule has 6 nitrogen and oxygen atoms in total. The van der Waals surface area contributed by atoms with Gasteiger partial charge in [0.1, 0.15) is 0 Å². The molecule has 0 aliphatic carbocycles. The molecule has 0 bridgehead atoms. The van der Waals surface area contributed by atoms with Crippen LogP contribution < -0.4 is 10.6 Å². The van der Waals surface area contributed by atoms with E-state index in [1.54, 1.807) is 30.7 Å². The van der Waals surface area contributed by atoms with Crippen molar-refractivity contribution in [2.75, 3.05) is 5.32 Å². The zero-order valence-electron chi connectivity index (χ0n) is 14.7. The molecule has 1 heterocycles. The highest BCUT2D eigenvalue weighted by molar-refractivity contribution is 6.34. The first-order valence-electron chi connectivity index (χ1n) is 8.41. The van der Waals surface area contributed by atoms with E-state index in [0.717, 1.165) is 5.56 Å². The Hall–Kier alpha value is -3.12. The number of nitrogens with zero attached hydrogens (tertiary/aromatic N) is 2. The Balaban J connectivity index is 1.85. The van der Waals surface area contributed by atoms with E-state index >= 15 is 0 Å². The van der Waals surface area contributed by atoms with E-state index in [1.807, 2.05) is 41.1 Å². The van der Waals surface area contributed by atoms with Crippen molar-refractivity contribution < 1.29 is 9.59 Å². The third kappa shape index (κ3) is 4.95. The van der Waals surface area contributed by atoms with Crippen molar-refractivity contribution in [3.63, 3.8) is 0 Å². The maximum Gasteiger partial charge on any atom is 0.253 e. The molecule has 0 fully saturated rings. The van der Waals surface area contributed by atoms with Crippen LogP contribution in [-0.2, 0) is 11.3 Å². The van der Waals surface area contributed by atoms with E-state index in [2.05, 4.69) is 15.6 Å². The highest BCUT2D eigenvalue weighted by Crippen LogP contribution is 2.23. The van der Waals surface area contributed by atoms with Gasteiger partial charge in [-0.2, -0.15) is 0 Å². The predicted molar refractivity (Wildman–Crippen MR) is 105 cm³/mol. The number of hydrogen-bond donors (Lipinski definition) is 2. The van der Waals surface area contributed by atoms with E-state index < -0.39 is 0 Å². The number of anilines is 1. The van der Waals surface area contributed by atoms with Crippen molar-refractivity contribution in [1.29, 1.82) is 0 Å². The lowest BCUT2D eigenvalue weighted by molar-refractivity contribution is -0.114. The van der Waals surface area contributed by atoms with Crippen molar-refractivity contribution in [2.45, 2.75) is 19.5 Å². The van der Waals surface area contributed by atoms with Gasteiger partial charge in [-0.1, -0.05) is 41.9 Å². The average molecular weight is 383 g/mol. The molecule has 27 heavy (non-hydrogen) atoms. The summed E-state index contributed by atoms with van der Waals surface area (Å²) in [5, 5.41) is 6.00. The molecule has 3 rings (SSSR count). The van der Waals surface area contributed by atoms with E-state index in [0.29, 0.717) is 22.8 Å². The number of imidazole rings is 1. The van der Waals surface area contributed by atoms with Crippen LogP contribution in [0.4, 0.5) is 5.69 Å². The highest BCUT2D eigenvalue weighted by atomic mass is 35.5. The third-order valence-electron chi connectivity index (χ3n) is 3.99. The van der Waals surface area contributed by atoms with Crippen LogP contribution in [0.15, 0.2) is 67.3 Å². The molecular formula is C20H19ClN4O2. The second-order valence-electron chi connectivity index (χ2n) is 6.07. The van der Waals surface area contributed by atoms with Crippen LogP contribution in [-0.4, -0.2) is 21.4 Å². The van der Waals surface area contributed by atoms with Crippen LogP contribution in [0.25, 0.3) is 0 Å². The van der Waals surface area contributed by atoms with Crippen molar-refractivity contribution in [1.82, 2.24) is 14.9 Å². The number of carbonyl (C=O) groups is 2. The number of nitrogens with one attached hydrogen (secondary N) is 2. The highest BCUT2D eigenvalue weighted by Gasteiger charge is 2.18. The van der Waals surface area contributed by atoms with E-state index in [-0.39, 0.29) is 17.9 Å². The standard InChI is InChI=1S/C20H19ClN4O2/c1-14(26)23-16-7-8-18(21)17(11-16)20(27)24-19(12-25-10-9-22-13-25)15-5-3-2-4-6-15/h2-11,13,19H,12H2,1H3,(H,23,26)(H,24,27). The fraction of sp³-hybridized carbons (Fsp3) is 0.150. The van der Waals surface area contributed by atoms with Crippen LogP contribution in [0.1, 0.15) is 28.9 Å². The number of carbonyl (C=O) groups excluding carboxylic acids is 2. The van der Waals surface area contributed by atoms with Crippen LogP contribution in [0.3, 0.4) is 0 Å². The fourth-order valence-electron chi connectivity index (χ4n) is 2.74. The van der Waals surface area contributed by atoms with Gasteiger partial charge in [-0.25, -0.2) is 4.98 Å². The van der Waals surface area contributed by atoms with Gasteiger partial charge in [0.15, 0.2) is 0 Å². The Morgan fingerprint density at radius 1 is 1.19 bits per heavy atom. The van der Waals surface area contributed by atoms with Gasteiger partial charge in [-0.3, -0.25) is 9.59 Å². The van der Waals surface area contributed by atoms with Gasteiger partial charge in [0.2, 0.25) is 5.91 Å². The second-order valence-corrected chi connectivity index (χ2v) is 6.48. The Morgan fingerprint density at radius 3 is 2.63 bits per heavy atom. The van der Waals surface area contributed by atoms with Crippen LogP contribution in [0.5, 0.6) is 0 Å². The van der Waals surface area contributed by atoms with Crippen LogP contribution >= 0.6 is 11.6 Å². The summed E-state index contributed by atoms with van der Waals surface area (Å²) < 4.78 is 1.90. The molecule has 0 aliphatic heterocycles. The molecule has 0 saturated carbocycles. The lowest BCUT2D eigenvalue weighted by atomic mass is 10.1. The van der Waals surface area contributed by atoms with Crippen LogP contribution in [0, 0.1) is 0 Å². The minimum Gasteiger partial charge on any atom is -0.343 e. The Bertz CT molecular complexity index is 926. The molecule has 0 radical (unpaired) electrons. The van der Waals surface area contributed by atoms with Crippen LogP contribution in [0.2, 0.25) is 5.02 Å². The summed E-state index contributed by atoms with van der Waals surface area (Å²) in [5.74, 6) is -0.535. The molecule has 2 amide bonds. The maximum atomic E-state index is 12.9. The normalized spacial score (nSPS) is 11.6. The maximum absolute atomic E-state index is 12.9. The summed E-state index contributed by atoms with van der Waals surface area (Å²) in [6.07, 6.45) is 5.23. The molecule has 0 saturated heterocycles. The first-order valence-corrected chi connectivity index (χ1v) is 8.79. The van der Waals surface area contributed by atoms with Gasteiger partial charge >= 0.3 is 0 Å². The molecule has 2 aromatic carbocycles. The van der Waals surface area contributed by atoms with Gasteiger partial charge in [0.25, 0.3) is 5.91 Å². The smallest absolute Gasteiger partial charge is 0.253 e. The second kappa shape index (κ2) is 8.51. The van der Waals surface area contributed by atoms with Gasteiger partial charge in [0.05, 0.1) is 23.0 Å². The van der Waals surface area contributed by atoms with E-state index in [1.165, 1.54) is 6.92 Å². The zero-order chi connectivity index (χ0) is 19.2. The van der Waals surface area contributed by atoms with Crippen molar-refractivity contribution >= 4 is 29.1 Å². The first kappa shape index (κ1) is 18.7. The molecule has 3 aromatic rings. The van der Waals surface area contributed by atoms with E-state index in [4.69, 9.17) is 11.6 Å². The predicted octanol–water partition coefficient (Wildman–Crippen LogP) is 3.67. The van der Waals surface area contributed by atoms with Crippen molar-refractivity contribution in [3.8, 4) is 0 Å². The first-order chi connectivity index (χ1) is 13.0. The van der Waals surface area contributed by atoms with Gasteiger partial charge in [0, 0.05) is 31.5 Å². The Kier molecular flexibility index (Phi) is 5.88. The molecule has 1 atom stereocenters. The Morgan fingerprint density at radius 2 is 1.96 bits per heavy atom. The summed E-state index contributed by atoms with van der Waals surface area (Å²) >= 11 is 6.21. The Labute approximate surface area is 162 Å². The number of benzene rings is 2. The number of rotatable bonds is 6. The largest absolute Gasteiger partial charge is 0.343 e. The van der Waals surface area contributed by atoms with Gasteiger partial charge in [-0.05, 0) is 23.8 Å². The van der Waals surface area contributed by atoms with Crippen molar-refractivity contribution in [2.24, 2.45) is 0 Å². The minimum atomic E-state index is -0.318. The molecule has 1 unspecified atom stereocenters. The SMILES string of the molecule is CC(=O)Nc1ccc(Cl)c(C(=O)NC(Cn2ccnc2)c2ccccc2)c1. The average Bonchev–Trinajstić information content (AvgIpc) is 3.16. The molecule has 7 heteroatoms. The number of halogens is 1. The summed E-state index contributed by atoms with van der Waals surface area (Å²) in [4.78, 5) is 28.2. The lowest BCUT2D eigenvalue weighted by Crippen LogP contribution is -2.31. The molecule has 0 aliphatic rings. The lowest BCUT2D eigenvalue weighted by Gasteiger charge is -2.20. The summed E-state index contributed by atoms with van der Waals surface area (Å²) in [5.41, 5.74) is 1.78. The zero-order valence-corrected chi connectivity index (χ0v) is 15.5. The van der Waals surface area contributed by atoms with Gasteiger partial charge < -0.3 is 15.2 Å². The molecule has 1 aromatic heterocycles. The quantitative estimate of drug-likeness (QED) is 0.683.